The minimum Gasteiger partial charge on any atom is -0.489 e. The van der Waals surface area contributed by atoms with Gasteiger partial charge >= 0.3 is 11.9 Å². The van der Waals surface area contributed by atoms with E-state index in [4.69, 9.17) is 9.47 Å². The molecule has 3 aromatic rings. The number of halogens is 1. The molecule has 6 heteroatoms. The van der Waals surface area contributed by atoms with Gasteiger partial charge in [-0.05, 0) is 42.7 Å². The number of rotatable bonds is 17. The van der Waals surface area contributed by atoms with Crippen molar-refractivity contribution < 1.29 is 24.2 Å². The fourth-order valence-electron chi connectivity index (χ4n) is 4.33. The highest BCUT2D eigenvalue weighted by atomic mass is 79.9. The van der Waals surface area contributed by atoms with Gasteiger partial charge in [-0.1, -0.05) is 116 Å². The van der Waals surface area contributed by atoms with Crippen LogP contribution in [0.1, 0.15) is 84.9 Å². The second kappa shape index (κ2) is 16.7. The largest absolute Gasteiger partial charge is 0.489 e. The van der Waals surface area contributed by atoms with E-state index in [1.807, 2.05) is 36.4 Å². The van der Waals surface area contributed by atoms with Crippen molar-refractivity contribution in [2.45, 2.75) is 64.2 Å². The first-order chi connectivity index (χ1) is 18.6. The summed E-state index contributed by atoms with van der Waals surface area (Å²) in [6.45, 7) is 0.348. The van der Waals surface area contributed by atoms with Crippen LogP contribution in [0.2, 0.25) is 0 Å². The molecule has 0 aliphatic rings. The lowest BCUT2D eigenvalue weighted by atomic mass is 10.0. The van der Waals surface area contributed by atoms with Crippen LogP contribution in [-0.4, -0.2) is 29.0 Å². The van der Waals surface area contributed by atoms with Gasteiger partial charge in [0, 0.05) is 10.9 Å². The van der Waals surface area contributed by atoms with Crippen molar-refractivity contribution in [3.05, 3.63) is 83.9 Å². The van der Waals surface area contributed by atoms with Crippen LogP contribution in [0.25, 0.3) is 11.1 Å². The van der Waals surface area contributed by atoms with Gasteiger partial charge < -0.3 is 14.6 Å². The van der Waals surface area contributed by atoms with Gasteiger partial charge in [0.1, 0.15) is 5.56 Å². The van der Waals surface area contributed by atoms with Crippen LogP contribution >= 0.6 is 15.9 Å². The average molecular weight is 582 g/mol. The summed E-state index contributed by atoms with van der Waals surface area (Å²) in [6.07, 6.45) is 11.8. The molecule has 3 aromatic carbocycles. The molecule has 0 atom stereocenters. The Bertz CT molecular complexity index is 1130. The van der Waals surface area contributed by atoms with E-state index in [0.29, 0.717) is 17.7 Å². The van der Waals surface area contributed by atoms with Crippen molar-refractivity contribution in [2.24, 2.45) is 0 Å². The first-order valence-corrected chi connectivity index (χ1v) is 14.7. The third kappa shape index (κ3) is 9.32. The van der Waals surface area contributed by atoms with Crippen molar-refractivity contribution in [3.63, 3.8) is 0 Å². The molecule has 0 amide bonds. The summed E-state index contributed by atoms with van der Waals surface area (Å²) in [6, 6.07) is 21.3. The first-order valence-electron chi connectivity index (χ1n) is 13.5. The van der Waals surface area contributed by atoms with Gasteiger partial charge in [-0.3, -0.25) is 0 Å². The van der Waals surface area contributed by atoms with E-state index >= 15 is 0 Å². The van der Waals surface area contributed by atoms with Crippen LogP contribution in [0.15, 0.2) is 72.8 Å². The minimum absolute atomic E-state index is 0.0274. The quantitative estimate of drug-likeness (QED) is 0.0746. The van der Waals surface area contributed by atoms with Crippen LogP contribution in [-0.2, 0) is 0 Å². The molecule has 0 radical (unpaired) electrons. The Morgan fingerprint density at radius 2 is 1.21 bits per heavy atom. The number of esters is 1. The fourth-order valence-corrected chi connectivity index (χ4v) is 4.73. The lowest BCUT2D eigenvalue weighted by Gasteiger charge is -2.18. The number of benzene rings is 3. The van der Waals surface area contributed by atoms with Gasteiger partial charge in [0.2, 0.25) is 0 Å². The molecule has 0 aromatic heterocycles. The smallest absolute Gasteiger partial charge is 0.343 e. The maximum Gasteiger partial charge on any atom is 0.343 e. The molecule has 0 fully saturated rings. The topological polar surface area (TPSA) is 72.8 Å². The fraction of sp³-hybridized carbons (Fsp3) is 0.375. The van der Waals surface area contributed by atoms with Crippen molar-refractivity contribution >= 4 is 27.9 Å². The maximum atomic E-state index is 13.0. The number of unbranched alkanes of at least 4 members (excludes halogenated alkanes) is 9. The van der Waals surface area contributed by atoms with E-state index in [0.717, 1.165) is 30.2 Å². The Labute approximate surface area is 234 Å². The van der Waals surface area contributed by atoms with Crippen LogP contribution < -0.4 is 9.47 Å². The number of hydrogen-bond acceptors (Lipinski definition) is 4. The molecule has 38 heavy (non-hydrogen) atoms. The number of carbonyl (C=O) groups excluding carboxylic acids is 1. The Morgan fingerprint density at radius 1 is 0.658 bits per heavy atom. The predicted octanol–water partition coefficient (Wildman–Crippen LogP) is 8.95. The highest BCUT2D eigenvalue weighted by molar-refractivity contribution is 9.09. The average Bonchev–Trinajstić information content (AvgIpc) is 2.94. The zero-order valence-electron chi connectivity index (χ0n) is 21.9. The molecular formula is C32H37BrO5. The second-order valence-corrected chi connectivity index (χ2v) is 10.1. The molecule has 1 N–H and O–H groups in total. The van der Waals surface area contributed by atoms with Crippen LogP contribution in [0.4, 0.5) is 0 Å². The van der Waals surface area contributed by atoms with E-state index in [-0.39, 0.29) is 17.1 Å². The summed E-state index contributed by atoms with van der Waals surface area (Å²) in [5.41, 5.74) is 1.75. The third-order valence-corrected chi connectivity index (χ3v) is 6.97. The Morgan fingerprint density at radius 3 is 1.79 bits per heavy atom. The van der Waals surface area contributed by atoms with Gasteiger partial charge in [-0.25, -0.2) is 9.59 Å². The standard InChI is InChI=1S/C32H37BrO5/c33-23-15-7-5-3-1-2-4-6-8-16-24-37-29-28(31(34)35)22-21-27(25-17-11-9-12-18-25)30(29)38-32(36)26-19-13-10-14-20-26/h9-14,17-22H,1-8,15-16,23-24H2,(H,34,35). The molecule has 0 aliphatic heterocycles. The molecule has 0 saturated carbocycles. The van der Waals surface area contributed by atoms with Gasteiger partial charge in [0.05, 0.1) is 12.2 Å². The lowest BCUT2D eigenvalue weighted by molar-refractivity contribution is 0.0678. The minimum atomic E-state index is -1.13. The van der Waals surface area contributed by atoms with Crippen molar-refractivity contribution in [2.75, 3.05) is 11.9 Å². The number of hydrogen-bond donors (Lipinski definition) is 1. The highest BCUT2D eigenvalue weighted by Crippen LogP contribution is 2.41. The molecule has 202 valence electrons. The molecule has 0 unspecified atom stereocenters. The van der Waals surface area contributed by atoms with E-state index in [1.165, 1.54) is 51.0 Å². The second-order valence-electron chi connectivity index (χ2n) is 9.32. The van der Waals surface area contributed by atoms with E-state index in [9.17, 15) is 14.7 Å². The van der Waals surface area contributed by atoms with Crippen LogP contribution in [0, 0.1) is 0 Å². The summed E-state index contributed by atoms with van der Waals surface area (Å²) in [7, 11) is 0. The molecule has 5 nitrogen and oxygen atoms in total. The molecule has 0 aliphatic carbocycles. The first kappa shape index (κ1) is 29.4. The number of carboxylic acids is 1. The summed E-state index contributed by atoms with van der Waals surface area (Å²) < 4.78 is 11.9. The van der Waals surface area contributed by atoms with E-state index in [2.05, 4.69) is 15.9 Å². The van der Waals surface area contributed by atoms with Crippen molar-refractivity contribution in [3.8, 4) is 22.6 Å². The third-order valence-electron chi connectivity index (χ3n) is 6.41. The Kier molecular flexibility index (Phi) is 12.9. The molecule has 0 spiro atoms. The van der Waals surface area contributed by atoms with Crippen LogP contribution in [0.3, 0.4) is 0 Å². The molecule has 0 bridgehead atoms. The lowest BCUT2D eigenvalue weighted by Crippen LogP contribution is -2.13. The maximum absolute atomic E-state index is 13.0. The Balaban J connectivity index is 1.67. The predicted molar refractivity (Wildman–Crippen MR) is 156 cm³/mol. The summed E-state index contributed by atoms with van der Waals surface area (Å²) in [5.74, 6) is -1.48. The zero-order valence-corrected chi connectivity index (χ0v) is 23.5. The van der Waals surface area contributed by atoms with Gasteiger partial charge in [0.25, 0.3) is 0 Å². The summed E-state index contributed by atoms with van der Waals surface area (Å²) >= 11 is 3.48. The van der Waals surface area contributed by atoms with E-state index in [1.54, 1.807) is 30.3 Å². The molecular weight excluding hydrogens is 544 g/mol. The summed E-state index contributed by atoms with van der Waals surface area (Å²) in [5, 5.41) is 11.0. The monoisotopic (exact) mass is 580 g/mol. The number of alkyl halides is 1. The van der Waals surface area contributed by atoms with E-state index < -0.39 is 11.9 Å². The number of carbonyl (C=O) groups is 2. The van der Waals surface area contributed by atoms with Gasteiger partial charge in [-0.2, -0.15) is 0 Å². The SMILES string of the molecule is O=C(Oc1c(-c2ccccc2)ccc(C(=O)O)c1OCCCCCCCCCCCCBr)c1ccccc1. The molecule has 3 rings (SSSR count). The number of carboxylic acid groups (broad SMARTS) is 1. The highest BCUT2D eigenvalue weighted by Gasteiger charge is 2.24. The zero-order chi connectivity index (χ0) is 27.0. The van der Waals surface area contributed by atoms with Crippen molar-refractivity contribution in [1.82, 2.24) is 0 Å². The number of aromatic carboxylic acids is 1. The van der Waals surface area contributed by atoms with Crippen molar-refractivity contribution in [1.29, 1.82) is 0 Å². The van der Waals surface area contributed by atoms with Crippen LogP contribution in [0.5, 0.6) is 11.5 Å². The number of ether oxygens (including phenoxy) is 2. The Hall–Kier alpha value is -3.12. The summed E-state index contributed by atoms with van der Waals surface area (Å²) in [4.78, 5) is 25.1. The molecule has 0 heterocycles. The van der Waals surface area contributed by atoms with Gasteiger partial charge in [-0.15, -0.1) is 0 Å². The van der Waals surface area contributed by atoms with Gasteiger partial charge in [0.15, 0.2) is 11.5 Å². The normalized spacial score (nSPS) is 10.8. The molecule has 0 saturated heterocycles.